The third kappa shape index (κ3) is 7.92. The third-order valence-corrected chi connectivity index (χ3v) is 10.6. The minimum Gasteiger partial charge on any atom is -0.500 e. The molecular weight excluding hydrogens is 901 g/mol. The molecule has 0 aliphatic rings. The monoisotopic (exact) mass is 943 g/mol. The van der Waals surface area contributed by atoms with Gasteiger partial charge in [-0.25, -0.2) is 0 Å². The Kier molecular flexibility index (Phi) is 11.5. The summed E-state index contributed by atoms with van der Waals surface area (Å²) in [6.07, 6.45) is 1.79. The van der Waals surface area contributed by atoms with E-state index in [1.165, 1.54) is 27.8 Å². The van der Waals surface area contributed by atoms with E-state index < -0.39 is 0 Å². The molecule has 0 amide bonds. The fraction of sp³-hybridized carbons (Fsp3) is 0.111. The Morgan fingerprint density at radius 2 is 1.22 bits per heavy atom. The minimum absolute atomic E-state index is 0. The Balaban J connectivity index is 0.000000319. The van der Waals surface area contributed by atoms with E-state index in [0.29, 0.717) is 17.7 Å². The van der Waals surface area contributed by atoms with Gasteiger partial charge in [0, 0.05) is 37.3 Å². The largest absolute Gasteiger partial charge is 0.500 e. The molecule has 0 N–H and O–H groups in total. The number of nitrogens with zero attached hydrogens (tertiary/aromatic N) is 2. The van der Waals surface area contributed by atoms with Crippen LogP contribution in [0.4, 0.5) is 0 Å². The van der Waals surface area contributed by atoms with Crippen LogP contribution in [0, 0.1) is 12.1 Å². The van der Waals surface area contributed by atoms with Gasteiger partial charge in [0.15, 0.2) is 0 Å². The van der Waals surface area contributed by atoms with E-state index in [9.17, 15) is 0 Å². The van der Waals surface area contributed by atoms with Gasteiger partial charge < -0.3 is 13.8 Å². The van der Waals surface area contributed by atoms with Gasteiger partial charge in [-0.05, 0) is 80.2 Å². The molecule has 291 valence electrons. The van der Waals surface area contributed by atoms with Crippen molar-refractivity contribution in [1.82, 2.24) is 9.97 Å². The van der Waals surface area contributed by atoms with Crippen molar-refractivity contribution in [1.29, 1.82) is 0 Å². The third-order valence-electron chi connectivity index (χ3n) is 10.6. The molecule has 0 aliphatic carbocycles. The minimum atomic E-state index is 0. The normalized spacial score (nSPS) is 11.2. The summed E-state index contributed by atoms with van der Waals surface area (Å²) in [6, 6.07) is 62.6. The molecule has 0 aliphatic heterocycles. The SMILES string of the molecule is CC(C)c1cc(-c2ccccc2)cc(C(C)C)c1-c1cccc2nc(-c3[c-]ccc4c3oc3cc(-c5ccccc5)ccc34)oc12.[Ir].[c-]1ccccc1-c1ccccn1. The standard InChI is InChI=1S/C43H34NO2.C11H8N.Ir/c1-26(2)36-23-31(29-15-9-6-10-16-29)24-37(27(3)4)40(36)34-18-12-20-38-42(34)46-43(44-38)35-19-11-17-33-32-22-21-30(25-39(32)45-41(33)35)28-13-7-5-8-14-28;1-2-6-10(7-3-1)11-8-4-5-9-12-11;/h5-18,20-27H,1-4H3;1-6,8-9H;/q2*-1;. The van der Waals surface area contributed by atoms with Crippen LogP contribution >= 0.6 is 0 Å². The summed E-state index contributed by atoms with van der Waals surface area (Å²) < 4.78 is 13.3. The molecule has 10 aromatic rings. The average Bonchev–Trinajstić information content (AvgIpc) is 3.89. The van der Waals surface area contributed by atoms with E-state index in [1.807, 2.05) is 60.7 Å². The quantitative estimate of drug-likeness (QED) is 0.149. The first-order valence-electron chi connectivity index (χ1n) is 19.9. The van der Waals surface area contributed by atoms with Gasteiger partial charge in [0.1, 0.15) is 17.1 Å². The van der Waals surface area contributed by atoms with Gasteiger partial charge >= 0.3 is 0 Å². The summed E-state index contributed by atoms with van der Waals surface area (Å²) in [4.78, 5) is 9.23. The van der Waals surface area contributed by atoms with Gasteiger partial charge in [-0.15, -0.1) is 54.1 Å². The number of benzene rings is 7. The number of furan rings is 1. The van der Waals surface area contributed by atoms with E-state index in [0.717, 1.165) is 66.5 Å². The number of oxazole rings is 1. The molecule has 59 heavy (non-hydrogen) atoms. The van der Waals surface area contributed by atoms with Gasteiger partial charge in [-0.2, -0.15) is 0 Å². The van der Waals surface area contributed by atoms with Crippen LogP contribution in [-0.4, -0.2) is 9.97 Å². The van der Waals surface area contributed by atoms with Gasteiger partial charge in [0.05, 0.1) is 11.1 Å². The molecule has 1 radical (unpaired) electrons. The van der Waals surface area contributed by atoms with E-state index >= 15 is 0 Å². The molecule has 0 saturated heterocycles. The van der Waals surface area contributed by atoms with Gasteiger partial charge in [0.25, 0.3) is 0 Å². The van der Waals surface area contributed by atoms with Crippen molar-refractivity contribution in [2.24, 2.45) is 0 Å². The summed E-state index contributed by atoms with van der Waals surface area (Å²) in [5.41, 5.74) is 15.5. The number of aromatic nitrogens is 2. The number of rotatable bonds is 7. The summed E-state index contributed by atoms with van der Waals surface area (Å²) >= 11 is 0. The summed E-state index contributed by atoms with van der Waals surface area (Å²) in [7, 11) is 0. The van der Waals surface area contributed by atoms with Crippen molar-refractivity contribution in [2.75, 3.05) is 0 Å². The smallest absolute Gasteiger partial charge is 0.149 e. The summed E-state index contributed by atoms with van der Waals surface area (Å²) in [5, 5.41) is 2.08. The molecule has 0 atom stereocenters. The van der Waals surface area contributed by atoms with Crippen molar-refractivity contribution in [2.45, 2.75) is 39.5 Å². The maximum atomic E-state index is 6.72. The fourth-order valence-corrected chi connectivity index (χ4v) is 7.74. The fourth-order valence-electron chi connectivity index (χ4n) is 7.74. The van der Waals surface area contributed by atoms with Gasteiger partial charge in [-0.1, -0.05) is 142 Å². The Hall–Kier alpha value is -6.39. The maximum Gasteiger partial charge on any atom is 0.149 e. The van der Waals surface area contributed by atoms with Crippen LogP contribution in [0.25, 0.3) is 89.1 Å². The molecule has 3 aromatic heterocycles. The van der Waals surface area contributed by atoms with E-state index in [2.05, 4.69) is 148 Å². The van der Waals surface area contributed by atoms with Crippen molar-refractivity contribution < 1.29 is 28.9 Å². The van der Waals surface area contributed by atoms with Gasteiger partial charge in [-0.3, -0.25) is 4.98 Å². The molecule has 5 heteroatoms. The number of para-hydroxylation sites is 1. The predicted octanol–water partition coefficient (Wildman–Crippen LogP) is 15.0. The van der Waals surface area contributed by atoms with Crippen LogP contribution in [0.5, 0.6) is 0 Å². The van der Waals surface area contributed by atoms with Crippen LogP contribution in [0.1, 0.15) is 50.7 Å². The Morgan fingerprint density at radius 1 is 0.525 bits per heavy atom. The van der Waals surface area contributed by atoms with Crippen LogP contribution in [-0.2, 0) is 20.1 Å². The molecule has 3 heterocycles. The van der Waals surface area contributed by atoms with Crippen molar-refractivity contribution in [3.63, 3.8) is 0 Å². The van der Waals surface area contributed by atoms with Crippen molar-refractivity contribution in [3.05, 3.63) is 193 Å². The van der Waals surface area contributed by atoms with Crippen molar-refractivity contribution in [3.8, 4) is 56.1 Å². The zero-order valence-electron chi connectivity index (χ0n) is 33.4. The summed E-state index contributed by atoms with van der Waals surface area (Å²) in [5.74, 6) is 1.13. The number of fused-ring (bicyclic) bond motifs is 4. The van der Waals surface area contributed by atoms with Gasteiger partial charge in [0.2, 0.25) is 0 Å². The molecule has 0 unspecified atom stereocenters. The molecule has 0 spiro atoms. The average molecular weight is 943 g/mol. The molecule has 10 rings (SSSR count). The number of hydrogen-bond donors (Lipinski definition) is 0. The first-order valence-corrected chi connectivity index (χ1v) is 19.9. The summed E-state index contributed by atoms with van der Waals surface area (Å²) in [6.45, 7) is 9.07. The van der Waals surface area contributed by atoms with Crippen LogP contribution in [0.2, 0.25) is 0 Å². The molecule has 0 bridgehead atoms. The second-order valence-electron chi connectivity index (χ2n) is 15.1. The topological polar surface area (TPSA) is 52.1 Å². The van der Waals surface area contributed by atoms with Crippen LogP contribution in [0.15, 0.2) is 179 Å². The van der Waals surface area contributed by atoms with E-state index in [1.54, 1.807) is 6.20 Å². The van der Waals surface area contributed by atoms with Crippen LogP contribution < -0.4 is 0 Å². The molecule has 0 saturated carbocycles. The Labute approximate surface area is 359 Å². The molecule has 4 nitrogen and oxygen atoms in total. The second kappa shape index (κ2) is 17.2. The van der Waals surface area contributed by atoms with E-state index in [4.69, 9.17) is 13.8 Å². The number of pyridine rings is 1. The van der Waals surface area contributed by atoms with Crippen molar-refractivity contribution >= 4 is 33.0 Å². The van der Waals surface area contributed by atoms with Crippen LogP contribution in [0.3, 0.4) is 0 Å². The molecular formula is C54H42IrN2O2-2. The second-order valence-corrected chi connectivity index (χ2v) is 15.1. The first kappa shape index (κ1) is 39.4. The zero-order chi connectivity index (χ0) is 39.6. The molecule has 0 fully saturated rings. The maximum absolute atomic E-state index is 6.72. The predicted molar refractivity (Wildman–Crippen MR) is 239 cm³/mol. The number of hydrogen-bond acceptors (Lipinski definition) is 4. The first-order chi connectivity index (χ1) is 28.4. The zero-order valence-corrected chi connectivity index (χ0v) is 35.8. The van der Waals surface area contributed by atoms with E-state index in [-0.39, 0.29) is 20.1 Å². The Morgan fingerprint density at radius 3 is 1.88 bits per heavy atom. The molecule has 7 aromatic carbocycles. The Bertz CT molecular complexity index is 2920.